The molecule has 0 atom stereocenters. The van der Waals surface area contributed by atoms with Gasteiger partial charge in [-0.2, -0.15) is 0 Å². The van der Waals surface area contributed by atoms with Gasteiger partial charge in [0.1, 0.15) is 5.69 Å². The minimum atomic E-state index is -0.141. The van der Waals surface area contributed by atoms with E-state index in [0.29, 0.717) is 25.4 Å². The van der Waals surface area contributed by atoms with Crippen molar-refractivity contribution < 1.29 is 14.3 Å². The van der Waals surface area contributed by atoms with Gasteiger partial charge < -0.3 is 19.9 Å². The van der Waals surface area contributed by atoms with Gasteiger partial charge in [0, 0.05) is 42.7 Å². The summed E-state index contributed by atoms with van der Waals surface area (Å²) in [6.07, 6.45) is 1.93. The predicted molar refractivity (Wildman–Crippen MR) is 132 cm³/mol. The van der Waals surface area contributed by atoms with E-state index in [2.05, 4.69) is 55.7 Å². The molecule has 1 aliphatic rings. The Hall–Kier alpha value is -3.12. The molecule has 1 aromatic heterocycles. The number of carbonyl (C=O) groups is 2. The van der Waals surface area contributed by atoms with Crippen LogP contribution in [-0.2, 0) is 21.5 Å². The molecule has 174 valence electrons. The smallest absolute Gasteiger partial charge is 0.268 e. The third kappa shape index (κ3) is 5.45. The number of amides is 2. The molecule has 1 saturated carbocycles. The normalized spacial score (nSPS) is 13.8. The van der Waals surface area contributed by atoms with Crippen molar-refractivity contribution in [2.45, 2.75) is 45.6 Å². The monoisotopic (exact) mass is 447 g/mol. The van der Waals surface area contributed by atoms with Crippen molar-refractivity contribution in [3.8, 4) is 0 Å². The van der Waals surface area contributed by atoms with Crippen molar-refractivity contribution in [2.75, 3.05) is 25.6 Å². The Bertz CT molecular complexity index is 1150. The molecule has 3 aromatic rings. The van der Waals surface area contributed by atoms with E-state index in [-0.39, 0.29) is 23.1 Å². The maximum atomic E-state index is 13.0. The van der Waals surface area contributed by atoms with E-state index in [4.69, 9.17) is 4.74 Å². The van der Waals surface area contributed by atoms with Gasteiger partial charge in [0.2, 0.25) is 5.91 Å². The molecular weight excluding hydrogens is 414 g/mol. The molecule has 2 amide bonds. The van der Waals surface area contributed by atoms with E-state index < -0.39 is 0 Å². The lowest BCUT2D eigenvalue weighted by atomic mass is 9.87. The minimum Gasteiger partial charge on any atom is -0.383 e. The van der Waals surface area contributed by atoms with E-state index in [1.807, 2.05) is 28.8 Å². The Balaban J connectivity index is 1.65. The second kappa shape index (κ2) is 9.40. The molecule has 2 N–H and O–H groups in total. The number of benzene rings is 2. The van der Waals surface area contributed by atoms with Gasteiger partial charge in [-0.15, -0.1) is 0 Å². The lowest BCUT2D eigenvalue weighted by molar-refractivity contribution is -0.117. The van der Waals surface area contributed by atoms with E-state index in [1.54, 1.807) is 7.11 Å². The molecule has 33 heavy (non-hydrogen) atoms. The molecule has 1 heterocycles. The SMILES string of the molecule is COCCNC(=O)c1cc2cc(NC(=O)C3CC3)ccc2n1Cc1ccc(C(C)(C)C)cc1. The van der Waals surface area contributed by atoms with Crippen molar-refractivity contribution in [1.82, 2.24) is 9.88 Å². The molecule has 0 aliphatic heterocycles. The number of rotatable bonds is 8. The maximum absolute atomic E-state index is 13.0. The molecule has 2 aromatic carbocycles. The molecule has 0 bridgehead atoms. The van der Waals surface area contributed by atoms with Crippen molar-refractivity contribution in [3.05, 3.63) is 65.4 Å². The molecule has 4 rings (SSSR count). The van der Waals surface area contributed by atoms with Crippen molar-refractivity contribution in [2.24, 2.45) is 5.92 Å². The topological polar surface area (TPSA) is 72.4 Å². The van der Waals surface area contributed by atoms with Crippen molar-refractivity contribution >= 4 is 28.4 Å². The van der Waals surface area contributed by atoms with Crippen LogP contribution in [0.2, 0.25) is 0 Å². The summed E-state index contributed by atoms with van der Waals surface area (Å²) < 4.78 is 7.10. The van der Waals surface area contributed by atoms with E-state index in [1.165, 1.54) is 5.56 Å². The second-order valence-electron chi connectivity index (χ2n) is 9.85. The quantitative estimate of drug-likeness (QED) is 0.491. The van der Waals surface area contributed by atoms with Gasteiger partial charge in [-0.3, -0.25) is 9.59 Å². The van der Waals surface area contributed by atoms with Crippen LogP contribution in [0, 0.1) is 5.92 Å². The first-order valence-corrected chi connectivity index (χ1v) is 11.6. The van der Waals surface area contributed by atoms with Crippen LogP contribution in [0.25, 0.3) is 10.9 Å². The lowest BCUT2D eigenvalue weighted by Crippen LogP contribution is -2.29. The summed E-state index contributed by atoms with van der Waals surface area (Å²) in [7, 11) is 1.61. The van der Waals surface area contributed by atoms with Crippen LogP contribution >= 0.6 is 0 Å². The van der Waals surface area contributed by atoms with Crippen LogP contribution in [0.1, 0.15) is 55.2 Å². The van der Waals surface area contributed by atoms with Crippen LogP contribution in [0.5, 0.6) is 0 Å². The molecule has 1 aliphatic carbocycles. The average molecular weight is 448 g/mol. The Morgan fingerprint density at radius 2 is 1.79 bits per heavy atom. The Morgan fingerprint density at radius 3 is 2.42 bits per heavy atom. The van der Waals surface area contributed by atoms with Gasteiger partial charge >= 0.3 is 0 Å². The molecule has 0 saturated heterocycles. The first-order chi connectivity index (χ1) is 15.8. The molecule has 6 heteroatoms. The Labute approximate surface area is 195 Å². The summed E-state index contributed by atoms with van der Waals surface area (Å²) in [4.78, 5) is 25.2. The molecular formula is C27H33N3O3. The highest BCUT2D eigenvalue weighted by molar-refractivity contribution is 6.01. The third-order valence-electron chi connectivity index (χ3n) is 6.10. The number of hydrogen-bond acceptors (Lipinski definition) is 3. The first-order valence-electron chi connectivity index (χ1n) is 11.6. The average Bonchev–Trinajstić information content (AvgIpc) is 3.57. The zero-order valence-electron chi connectivity index (χ0n) is 19.9. The largest absolute Gasteiger partial charge is 0.383 e. The Kier molecular flexibility index (Phi) is 6.56. The highest BCUT2D eigenvalue weighted by Gasteiger charge is 2.29. The van der Waals surface area contributed by atoms with E-state index in [9.17, 15) is 9.59 Å². The zero-order valence-corrected chi connectivity index (χ0v) is 19.9. The molecule has 0 radical (unpaired) electrons. The number of carbonyl (C=O) groups excluding carboxylic acids is 2. The fraction of sp³-hybridized carbons (Fsp3) is 0.407. The van der Waals surface area contributed by atoms with Crippen LogP contribution in [-0.4, -0.2) is 36.6 Å². The zero-order chi connectivity index (χ0) is 23.6. The highest BCUT2D eigenvalue weighted by atomic mass is 16.5. The number of nitrogens with one attached hydrogen (secondary N) is 2. The van der Waals surface area contributed by atoms with Gasteiger partial charge in [-0.05, 0) is 53.6 Å². The van der Waals surface area contributed by atoms with Gasteiger partial charge in [0.25, 0.3) is 5.91 Å². The number of aromatic nitrogens is 1. The minimum absolute atomic E-state index is 0.0743. The van der Waals surface area contributed by atoms with Gasteiger partial charge in [0.15, 0.2) is 0 Å². The number of ether oxygens (including phenoxy) is 1. The van der Waals surface area contributed by atoms with Crippen LogP contribution in [0.15, 0.2) is 48.5 Å². The number of methoxy groups -OCH3 is 1. The third-order valence-corrected chi connectivity index (χ3v) is 6.10. The summed E-state index contributed by atoms with van der Waals surface area (Å²) in [5, 5.41) is 6.86. The molecule has 0 spiro atoms. The fourth-order valence-corrected chi connectivity index (χ4v) is 3.95. The maximum Gasteiger partial charge on any atom is 0.268 e. The molecule has 0 unspecified atom stereocenters. The van der Waals surface area contributed by atoms with Gasteiger partial charge in [-0.25, -0.2) is 0 Å². The molecule has 6 nitrogen and oxygen atoms in total. The predicted octanol–water partition coefficient (Wildman–Crippen LogP) is 4.71. The van der Waals surface area contributed by atoms with Gasteiger partial charge in [0.05, 0.1) is 6.61 Å². The van der Waals surface area contributed by atoms with Crippen LogP contribution in [0.3, 0.4) is 0 Å². The van der Waals surface area contributed by atoms with E-state index >= 15 is 0 Å². The van der Waals surface area contributed by atoms with Crippen LogP contribution in [0.4, 0.5) is 5.69 Å². The van der Waals surface area contributed by atoms with Crippen molar-refractivity contribution in [3.63, 3.8) is 0 Å². The Morgan fingerprint density at radius 1 is 1.06 bits per heavy atom. The number of hydrogen-bond donors (Lipinski definition) is 2. The summed E-state index contributed by atoms with van der Waals surface area (Å²) in [6, 6.07) is 16.3. The molecule has 1 fully saturated rings. The van der Waals surface area contributed by atoms with Crippen molar-refractivity contribution in [1.29, 1.82) is 0 Å². The summed E-state index contributed by atoms with van der Waals surface area (Å²) in [5.74, 6) is 0.0758. The van der Waals surface area contributed by atoms with E-state index in [0.717, 1.165) is 35.0 Å². The second-order valence-corrected chi connectivity index (χ2v) is 9.85. The highest BCUT2D eigenvalue weighted by Crippen LogP contribution is 2.31. The number of fused-ring (bicyclic) bond motifs is 1. The first kappa shape index (κ1) is 23.1. The summed E-state index contributed by atoms with van der Waals surface area (Å²) in [5.41, 5.74) is 4.79. The number of anilines is 1. The summed E-state index contributed by atoms with van der Waals surface area (Å²) in [6.45, 7) is 8.07. The fourth-order valence-electron chi connectivity index (χ4n) is 3.95. The number of nitrogens with zero attached hydrogens (tertiary/aromatic N) is 1. The van der Waals surface area contributed by atoms with Gasteiger partial charge in [-0.1, -0.05) is 45.0 Å². The standard InChI is InChI=1S/C27H33N3O3/c1-27(2,3)21-9-5-18(6-10-21)17-30-23-12-11-22(29-25(31)19-7-8-19)15-20(23)16-24(30)26(32)28-13-14-33-4/h5-6,9-12,15-16,19H,7-8,13-14,17H2,1-4H3,(H,28,32)(H,29,31). The lowest BCUT2D eigenvalue weighted by Gasteiger charge is -2.19. The van der Waals surface area contributed by atoms with Crippen LogP contribution < -0.4 is 10.6 Å². The summed E-state index contributed by atoms with van der Waals surface area (Å²) >= 11 is 0.